The van der Waals surface area contributed by atoms with Crippen molar-refractivity contribution >= 4 is 17.4 Å². The standard InChI is InChI=1S/C13H9F2NO3S/c14-11-5-9(16(18)19)6-12(15)13(11)20-10-3-1-8(7-17)2-4-10/h1-6,17H,7H2. The maximum absolute atomic E-state index is 13.7. The van der Waals surface area contributed by atoms with E-state index in [2.05, 4.69) is 0 Å². The number of halogens is 2. The van der Waals surface area contributed by atoms with Crippen LogP contribution in [0.25, 0.3) is 0 Å². The lowest BCUT2D eigenvalue weighted by atomic mass is 10.2. The maximum Gasteiger partial charge on any atom is 0.275 e. The van der Waals surface area contributed by atoms with Gasteiger partial charge in [-0.25, -0.2) is 8.78 Å². The van der Waals surface area contributed by atoms with Gasteiger partial charge in [0.15, 0.2) is 0 Å². The topological polar surface area (TPSA) is 63.4 Å². The first-order valence-electron chi connectivity index (χ1n) is 5.52. The Bertz CT molecular complexity index is 624. The monoisotopic (exact) mass is 297 g/mol. The molecule has 1 N–H and O–H groups in total. The molecule has 0 spiro atoms. The summed E-state index contributed by atoms with van der Waals surface area (Å²) in [5.41, 5.74) is 0.0546. The smallest absolute Gasteiger partial charge is 0.275 e. The van der Waals surface area contributed by atoms with Gasteiger partial charge in [-0.3, -0.25) is 10.1 Å². The lowest BCUT2D eigenvalue weighted by Gasteiger charge is -2.05. The van der Waals surface area contributed by atoms with Crippen LogP contribution in [0, 0.1) is 21.7 Å². The molecule has 0 saturated heterocycles. The van der Waals surface area contributed by atoms with Gasteiger partial charge in [-0.2, -0.15) is 0 Å². The largest absolute Gasteiger partial charge is 0.392 e. The number of rotatable bonds is 4. The minimum atomic E-state index is -0.979. The van der Waals surface area contributed by atoms with Gasteiger partial charge in [-0.1, -0.05) is 23.9 Å². The molecule has 0 heterocycles. The van der Waals surface area contributed by atoms with Gasteiger partial charge in [0, 0.05) is 4.90 Å². The minimum Gasteiger partial charge on any atom is -0.392 e. The highest BCUT2D eigenvalue weighted by Crippen LogP contribution is 2.34. The Balaban J connectivity index is 2.30. The molecule has 2 aromatic rings. The molecule has 2 aromatic carbocycles. The van der Waals surface area contributed by atoms with Gasteiger partial charge in [0.05, 0.1) is 28.6 Å². The van der Waals surface area contributed by atoms with Crippen LogP contribution in [0.3, 0.4) is 0 Å². The van der Waals surface area contributed by atoms with Gasteiger partial charge in [0.1, 0.15) is 11.6 Å². The zero-order valence-corrected chi connectivity index (χ0v) is 10.9. The summed E-state index contributed by atoms with van der Waals surface area (Å²) in [4.78, 5) is 9.90. The second-order valence-electron chi connectivity index (χ2n) is 3.90. The first kappa shape index (κ1) is 14.4. The molecule has 0 unspecified atom stereocenters. The van der Waals surface area contributed by atoms with E-state index in [4.69, 9.17) is 5.11 Å². The van der Waals surface area contributed by atoms with Crippen molar-refractivity contribution in [2.45, 2.75) is 16.4 Å². The van der Waals surface area contributed by atoms with Gasteiger partial charge >= 0.3 is 0 Å². The van der Waals surface area contributed by atoms with Gasteiger partial charge in [0.25, 0.3) is 5.69 Å². The van der Waals surface area contributed by atoms with Gasteiger partial charge < -0.3 is 5.11 Å². The zero-order chi connectivity index (χ0) is 14.7. The van der Waals surface area contributed by atoms with Crippen LogP contribution in [-0.2, 0) is 6.61 Å². The van der Waals surface area contributed by atoms with Gasteiger partial charge in [0.2, 0.25) is 0 Å². The SMILES string of the molecule is O=[N+]([O-])c1cc(F)c(Sc2ccc(CO)cc2)c(F)c1. The number of hydrogen-bond acceptors (Lipinski definition) is 4. The van der Waals surface area contributed by atoms with E-state index in [0.717, 1.165) is 11.8 Å². The van der Waals surface area contributed by atoms with E-state index in [9.17, 15) is 18.9 Å². The summed E-state index contributed by atoms with van der Waals surface area (Å²) in [5, 5.41) is 19.4. The molecule has 0 fully saturated rings. The number of nitro groups is 1. The average molecular weight is 297 g/mol. The van der Waals surface area contributed by atoms with Crippen LogP contribution in [0.15, 0.2) is 46.2 Å². The molecule has 0 aliphatic rings. The number of hydrogen-bond donors (Lipinski definition) is 1. The van der Waals surface area contributed by atoms with Crippen LogP contribution in [-0.4, -0.2) is 10.0 Å². The average Bonchev–Trinajstić information content (AvgIpc) is 2.43. The Morgan fingerprint density at radius 2 is 1.70 bits per heavy atom. The van der Waals surface area contributed by atoms with Crippen molar-refractivity contribution in [3.63, 3.8) is 0 Å². The Labute approximate surface area is 117 Å². The van der Waals surface area contributed by atoms with E-state index >= 15 is 0 Å². The summed E-state index contributed by atoms with van der Waals surface area (Å²) in [6, 6.07) is 7.85. The first-order valence-corrected chi connectivity index (χ1v) is 6.34. The minimum absolute atomic E-state index is 0.120. The zero-order valence-electron chi connectivity index (χ0n) is 10.0. The third-order valence-corrected chi connectivity index (χ3v) is 3.62. The third kappa shape index (κ3) is 3.12. The quantitative estimate of drug-likeness (QED) is 0.693. The van der Waals surface area contributed by atoms with E-state index in [1.54, 1.807) is 24.3 Å². The van der Waals surface area contributed by atoms with Gasteiger partial charge in [-0.05, 0) is 17.7 Å². The number of nitro benzene ring substituents is 1. The number of aliphatic hydroxyl groups is 1. The lowest BCUT2D eigenvalue weighted by Crippen LogP contribution is -1.94. The second-order valence-corrected chi connectivity index (χ2v) is 4.98. The molecule has 0 saturated carbocycles. The van der Waals surface area contributed by atoms with Crippen molar-refractivity contribution in [2.75, 3.05) is 0 Å². The molecule has 0 radical (unpaired) electrons. The van der Waals surface area contributed by atoms with Crippen LogP contribution in [0.2, 0.25) is 0 Å². The molecule has 7 heteroatoms. The van der Waals surface area contributed by atoms with E-state index in [-0.39, 0.29) is 11.5 Å². The molecule has 2 rings (SSSR count). The molecule has 0 amide bonds. The Kier molecular flexibility index (Phi) is 4.31. The van der Waals surface area contributed by atoms with Crippen LogP contribution in [0.4, 0.5) is 14.5 Å². The fourth-order valence-corrected chi connectivity index (χ4v) is 2.35. The Morgan fingerprint density at radius 1 is 1.15 bits per heavy atom. The summed E-state index contributed by atoms with van der Waals surface area (Å²) in [7, 11) is 0. The first-order chi connectivity index (χ1) is 9.51. The Hall–Kier alpha value is -1.99. The highest BCUT2D eigenvalue weighted by atomic mass is 32.2. The van der Waals surface area contributed by atoms with Crippen molar-refractivity contribution in [2.24, 2.45) is 0 Å². The van der Waals surface area contributed by atoms with Crippen LogP contribution in [0.1, 0.15) is 5.56 Å². The predicted molar refractivity (Wildman–Crippen MR) is 69.5 cm³/mol. The van der Waals surface area contributed by atoms with Crippen molar-refractivity contribution < 1.29 is 18.8 Å². The number of non-ortho nitro benzene ring substituents is 1. The summed E-state index contributed by atoms with van der Waals surface area (Å²) < 4.78 is 27.4. The van der Waals surface area contributed by atoms with Crippen molar-refractivity contribution in [1.82, 2.24) is 0 Å². The van der Waals surface area contributed by atoms with Crippen molar-refractivity contribution in [3.05, 3.63) is 63.7 Å². The highest BCUT2D eigenvalue weighted by molar-refractivity contribution is 7.99. The maximum atomic E-state index is 13.7. The van der Waals surface area contributed by atoms with Crippen molar-refractivity contribution in [3.8, 4) is 0 Å². The molecule has 0 bridgehead atoms. The molecule has 0 aliphatic carbocycles. The summed E-state index contributed by atoms with van der Waals surface area (Å²) in [5.74, 6) is -1.96. The lowest BCUT2D eigenvalue weighted by molar-refractivity contribution is -0.385. The fraction of sp³-hybridized carbons (Fsp3) is 0.0769. The number of benzene rings is 2. The number of nitrogens with zero attached hydrogens (tertiary/aromatic N) is 1. The molecular formula is C13H9F2NO3S. The third-order valence-electron chi connectivity index (χ3n) is 2.52. The molecule has 0 aliphatic heterocycles. The van der Waals surface area contributed by atoms with Crippen LogP contribution < -0.4 is 0 Å². The van der Waals surface area contributed by atoms with Gasteiger partial charge in [-0.15, -0.1) is 0 Å². The molecule has 104 valence electrons. The molecule has 4 nitrogen and oxygen atoms in total. The molecular weight excluding hydrogens is 288 g/mol. The van der Waals surface area contributed by atoms with E-state index in [0.29, 0.717) is 22.6 Å². The van der Waals surface area contributed by atoms with Crippen molar-refractivity contribution in [1.29, 1.82) is 0 Å². The molecule has 0 aromatic heterocycles. The summed E-state index contributed by atoms with van der Waals surface area (Å²) >= 11 is 0.826. The van der Waals surface area contributed by atoms with E-state index in [1.807, 2.05) is 0 Å². The summed E-state index contributed by atoms with van der Waals surface area (Å²) in [6.07, 6.45) is 0. The van der Waals surface area contributed by atoms with E-state index < -0.39 is 22.2 Å². The predicted octanol–water partition coefficient (Wildman–Crippen LogP) is 3.52. The van der Waals surface area contributed by atoms with E-state index in [1.165, 1.54) is 0 Å². The number of aliphatic hydroxyl groups excluding tert-OH is 1. The second kappa shape index (κ2) is 5.98. The van der Waals surface area contributed by atoms with Crippen LogP contribution in [0.5, 0.6) is 0 Å². The molecule has 20 heavy (non-hydrogen) atoms. The fourth-order valence-electron chi connectivity index (χ4n) is 1.53. The summed E-state index contributed by atoms with van der Waals surface area (Å²) in [6.45, 7) is -0.120. The highest BCUT2D eigenvalue weighted by Gasteiger charge is 2.17. The molecule has 0 atom stereocenters. The normalized spacial score (nSPS) is 10.6. The Morgan fingerprint density at radius 3 is 2.15 bits per heavy atom. The van der Waals surface area contributed by atoms with Crippen LogP contribution >= 0.6 is 11.8 Å².